The largest absolute Gasteiger partial charge is 0.504 e. The van der Waals surface area contributed by atoms with Crippen molar-refractivity contribution in [3.05, 3.63) is 53.6 Å². The number of phenolic OH excluding ortho intramolecular Hbond substituents is 2. The molecule has 2 aromatic carbocycles. The number of nitrogens with zero attached hydrogens (tertiary/aromatic N) is 1. The molecule has 4 N–H and O–H groups in total. The van der Waals surface area contributed by atoms with Gasteiger partial charge in [0.15, 0.2) is 11.5 Å². The maximum Gasteiger partial charge on any atom is 0.335 e. The molecule has 6 heteroatoms. The van der Waals surface area contributed by atoms with Gasteiger partial charge in [-0.3, -0.25) is 5.43 Å². The first-order valence-electron chi connectivity index (χ1n) is 5.70. The number of benzene rings is 2. The molecule has 0 bridgehead atoms. The number of phenols is 2. The molecule has 0 aliphatic carbocycles. The van der Waals surface area contributed by atoms with E-state index in [0.29, 0.717) is 11.3 Å². The average Bonchev–Trinajstić information content (AvgIpc) is 2.43. The van der Waals surface area contributed by atoms with Crippen molar-refractivity contribution in [1.29, 1.82) is 0 Å². The number of carboxylic acids is 1. The average molecular weight is 272 g/mol. The SMILES string of the molecule is O=C(O)c1ccc(NN=Cc2ccc(O)c(O)c2)cc1. The molecule has 0 saturated carbocycles. The van der Waals surface area contributed by atoms with Crippen LogP contribution in [0.15, 0.2) is 47.6 Å². The fourth-order valence-corrected chi connectivity index (χ4v) is 1.49. The van der Waals surface area contributed by atoms with Crippen molar-refractivity contribution in [1.82, 2.24) is 0 Å². The molecular weight excluding hydrogens is 260 g/mol. The number of anilines is 1. The molecule has 102 valence electrons. The normalized spacial score (nSPS) is 10.6. The first-order valence-corrected chi connectivity index (χ1v) is 5.70. The van der Waals surface area contributed by atoms with Gasteiger partial charge in [-0.2, -0.15) is 5.10 Å². The zero-order valence-corrected chi connectivity index (χ0v) is 10.3. The van der Waals surface area contributed by atoms with Crippen LogP contribution in [0.2, 0.25) is 0 Å². The summed E-state index contributed by atoms with van der Waals surface area (Å²) >= 11 is 0. The van der Waals surface area contributed by atoms with Gasteiger partial charge < -0.3 is 15.3 Å². The van der Waals surface area contributed by atoms with Crippen LogP contribution in [0, 0.1) is 0 Å². The van der Waals surface area contributed by atoms with Crippen LogP contribution >= 0.6 is 0 Å². The third-order valence-corrected chi connectivity index (χ3v) is 2.54. The Morgan fingerprint density at radius 1 is 1.05 bits per heavy atom. The van der Waals surface area contributed by atoms with Gasteiger partial charge in [-0.15, -0.1) is 0 Å². The van der Waals surface area contributed by atoms with Crippen LogP contribution in [0.1, 0.15) is 15.9 Å². The minimum atomic E-state index is -0.986. The van der Waals surface area contributed by atoms with Crippen LogP contribution in [0.25, 0.3) is 0 Å². The molecule has 0 fully saturated rings. The summed E-state index contributed by atoms with van der Waals surface area (Å²) in [6, 6.07) is 10.4. The van der Waals surface area contributed by atoms with Gasteiger partial charge in [-0.05, 0) is 48.0 Å². The summed E-state index contributed by atoms with van der Waals surface area (Å²) in [4.78, 5) is 10.7. The van der Waals surface area contributed by atoms with E-state index in [4.69, 9.17) is 10.2 Å². The summed E-state index contributed by atoms with van der Waals surface area (Å²) < 4.78 is 0. The molecule has 20 heavy (non-hydrogen) atoms. The Hall–Kier alpha value is -3.02. The molecule has 0 amide bonds. The molecule has 0 unspecified atom stereocenters. The van der Waals surface area contributed by atoms with Gasteiger partial charge in [-0.1, -0.05) is 0 Å². The van der Waals surface area contributed by atoms with E-state index in [2.05, 4.69) is 10.5 Å². The molecule has 0 heterocycles. The van der Waals surface area contributed by atoms with Crippen LogP contribution in [-0.2, 0) is 0 Å². The van der Waals surface area contributed by atoms with Crippen LogP contribution in [0.5, 0.6) is 11.5 Å². The van der Waals surface area contributed by atoms with E-state index >= 15 is 0 Å². The fourth-order valence-electron chi connectivity index (χ4n) is 1.49. The van der Waals surface area contributed by atoms with Crippen LogP contribution in [0.3, 0.4) is 0 Å². The summed E-state index contributed by atoms with van der Waals surface area (Å²) in [5.41, 5.74) is 4.16. The molecule has 0 aromatic heterocycles. The lowest BCUT2D eigenvalue weighted by molar-refractivity contribution is 0.0697. The number of carbonyl (C=O) groups is 1. The van der Waals surface area contributed by atoms with Crippen molar-refractivity contribution >= 4 is 17.9 Å². The number of aromatic carboxylic acids is 1. The van der Waals surface area contributed by atoms with E-state index in [-0.39, 0.29) is 17.1 Å². The highest BCUT2D eigenvalue weighted by molar-refractivity contribution is 5.88. The minimum absolute atomic E-state index is 0.195. The first kappa shape index (κ1) is 13.4. The summed E-state index contributed by atoms with van der Waals surface area (Å²) in [5.74, 6) is -1.40. The monoisotopic (exact) mass is 272 g/mol. The number of hydrogen-bond donors (Lipinski definition) is 4. The molecule has 0 spiro atoms. The number of hydrazone groups is 1. The lowest BCUT2D eigenvalue weighted by atomic mass is 10.2. The molecule has 0 atom stereocenters. The predicted molar refractivity (Wildman–Crippen MR) is 74.4 cm³/mol. The third kappa shape index (κ3) is 3.26. The Morgan fingerprint density at radius 3 is 2.35 bits per heavy atom. The van der Waals surface area contributed by atoms with Crippen molar-refractivity contribution in [3.63, 3.8) is 0 Å². The summed E-state index contributed by atoms with van der Waals surface area (Å²) in [6.07, 6.45) is 1.46. The topological polar surface area (TPSA) is 102 Å². The highest BCUT2D eigenvalue weighted by Gasteiger charge is 2.01. The number of hydrogen-bond acceptors (Lipinski definition) is 5. The maximum absolute atomic E-state index is 10.7. The molecule has 0 radical (unpaired) electrons. The second kappa shape index (κ2) is 5.75. The molecule has 6 nitrogen and oxygen atoms in total. The number of rotatable bonds is 4. The van der Waals surface area contributed by atoms with Crippen molar-refractivity contribution in [3.8, 4) is 11.5 Å². The number of nitrogens with one attached hydrogen (secondary N) is 1. The molecule has 0 aliphatic rings. The van der Waals surface area contributed by atoms with Gasteiger partial charge in [-0.25, -0.2) is 4.79 Å². The number of aromatic hydroxyl groups is 2. The predicted octanol–water partition coefficient (Wildman–Crippen LogP) is 2.24. The summed E-state index contributed by atoms with van der Waals surface area (Å²) in [7, 11) is 0. The Labute approximate surface area is 114 Å². The van der Waals surface area contributed by atoms with Crippen molar-refractivity contribution in [2.75, 3.05) is 5.43 Å². The van der Waals surface area contributed by atoms with Crippen LogP contribution in [-0.4, -0.2) is 27.5 Å². The van der Waals surface area contributed by atoms with Gasteiger partial charge in [0.1, 0.15) is 0 Å². The lowest BCUT2D eigenvalue weighted by Gasteiger charge is -2.01. The standard InChI is InChI=1S/C14H12N2O4/c17-12-6-1-9(7-13(12)18)8-15-16-11-4-2-10(3-5-11)14(19)20/h1-8,16-18H,(H,19,20). The Balaban J connectivity index is 2.02. The lowest BCUT2D eigenvalue weighted by Crippen LogP contribution is -1.96. The molecule has 0 aliphatic heterocycles. The Kier molecular flexibility index (Phi) is 3.85. The van der Waals surface area contributed by atoms with Crippen molar-refractivity contribution in [2.24, 2.45) is 5.10 Å². The smallest absolute Gasteiger partial charge is 0.335 e. The van der Waals surface area contributed by atoms with E-state index in [9.17, 15) is 9.90 Å². The van der Waals surface area contributed by atoms with Gasteiger partial charge in [0, 0.05) is 0 Å². The molecule has 0 saturated heterocycles. The first-order chi connectivity index (χ1) is 9.56. The van der Waals surface area contributed by atoms with E-state index in [1.807, 2.05) is 0 Å². The zero-order valence-electron chi connectivity index (χ0n) is 10.3. The van der Waals surface area contributed by atoms with Gasteiger partial charge in [0.05, 0.1) is 17.5 Å². The van der Waals surface area contributed by atoms with E-state index < -0.39 is 5.97 Å². The quantitative estimate of drug-likeness (QED) is 0.388. The van der Waals surface area contributed by atoms with Crippen LogP contribution in [0.4, 0.5) is 5.69 Å². The van der Waals surface area contributed by atoms with Gasteiger partial charge in [0.25, 0.3) is 0 Å². The summed E-state index contributed by atoms with van der Waals surface area (Å²) in [5, 5.41) is 31.2. The maximum atomic E-state index is 10.7. The molecule has 2 aromatic rings. The Bertz CT molecular complexity index is 651. The van der Waals surface area contributed by atoms with E-state index in [1.165, 1.54) is 30.5 Å². The third-order valence-electron chi connectivity index (χ3n) is 2.54. The minimum Gasteiger partial charge on any atom is -0.504 e. The van der Waals surface area contributed by atoms with E-state index in [0.717, 1.165) is 0 Å². The summed E-state index contributed by atoms with van der Waals surface area (Å²) in [6.45, 7) is 0. The fraction of sp³-hybridized carbons (Fsp3) is 0. The molecular formula is C14H12N2O4. The number of carboxylic acid groups (broad SMARTS) is 1. The van der Waals surface area contributed by atoms with Crippen LogP contribution < -0.4 is 5.43 Å². The second-order valence-electron chi connectivity index (χ2n) is 4.00. The van der Waals surface area contributed by atoms with Crippen molar-refractivity contribution in [2.45, 2.75) is 0 Å². The molecule has 2 rings (SSSR count). The van der Waals surface area contributed by atoms with Gasteiger partial charge in [0.2, 0.25) is 0 Å². The second-order valence-corrected chi connectivity index (χ2v) is 4.00. The van der Waals surface area contributed by atoms with Gasteiger partial charge >= 0.3 is 5.97 Å². The van der Waals surface area contributed by atoms with Crippen molar-refractivity contribution < 1.29 is 20.1 Å². The highest BCUT2D eigenvalue weighted by atomic mass is 16.4. The zero-order chi connectivity index (χ0) is 14.5. The van der Waals surface area contributed by atoms with E-state index in [1.54, 1.807) is 18.2 Å². The highest BCUT2D eigenvalue weighted by Crippen LogP contribution is 2.24. The Morgan fingerprint density at radius 2 is 1.75 bits per heavy atom.